The van der Waals surface area contributed by atoms with Crippen molar-refractivity contribution in [1.82, 2.24) is 9.55 Å². The van der Waals surface area contributed by atoms with Crippen molar-refractivity contribution >= 4 is 34.4 Å². The van der Waals surface area contributed by atoms with E-state index in [4.69, 9.17) is 0 Å². The molecule has 0 bridgehead atoms. The van der Waals surface area contributed by atoms with Crippen molar-refractivity contribution in [2.75, 3.05) is 11.1 Å². The number of hydrogen-bond acceptors (Lipinski definition) is 3. The molecule has 1 heterocycles. The van der Waals surface area contributed by atoms with Crippen molar-refractivity contribution in [2.45, 2.75) is 25.6 Å². The standard InChI is InChI=1S/C18H17F2N3OS/c1-11-6-5-7-12(2)16(11)22-15(24)10-25-18-21-13-8-3-4-9-14(13)23(18)17(19)20/h3-9,17H,10H2,1-2H3,(H,22,24). The molecule has 4 nitrogen and oxygen atoms in total. The van der Waals surface area contributed by atoms with Gasteiger partial charge in [-0.1, -0.05) is 42.1 Å². The number of para-hydroxylation sites is 3. The number of halogens is 2. The fourth-order valence-corrected chi connectivity index (χ4v) is 3.44. The molecule has 0 saturated heterocycles. The van der Waals surface area contributed by atoms with E-state index < -0.39 is 6.55 Å². The number of amides is 1. The number of anilines is 1. The molecule has 1 amide bonds. The van der Waals surface area contributed by atoms with Gasteiger partial charge in [0, 0.05) is 5.69 Å². The Kier molecular flexibility index (Phi) is 5.03. The number of aromatic nitrogens is 2. The van der Waals surface area contributed by atoms with Crippen molar-refractivity contribution in [1.29, 1.82) is 0 Å². The van der Waals surface area contributed by atoms with Crippen LogP contribution < -0.4 is 5.32 Å². The Bertz CT molecular complexity index is 904. The van der Waals surface area contributed by atoms with E-state index in [0.717, 1.165) is 33.1 Å². The van der Waals surface area contributed by atoms with Crippen LogP contribution in [-0.4, -0.2) is 21.2 Å². The van der Waals surface area contributed by atoms with Gasteiger partial charge in [-0.2, -0.15) is 8.78 Å². The Labute approximate surface area is 148 Å². The number of hydrogen-bond donors (Lipinski definition) is 1. The number of nitrogens with one attached hydrogen (secondary N) is 1. The summed E-state index contributed by atoms with van der Waals surface area (Å²) in [5, 5.41) is 2.98. The van der Waals surface area contributed by atoms with Crippen LogP contribution in [0.2, 0.25) is 0 Å². The number of fused-ring (bicyclic) bond motifs is 1. The van der Waals surface area contributed by atoms with Crippen LogP contribution >= 0.6 is 11.8 Å². The number of imidazole rings is 1. The molecule has 130 valence electrons. The number of nitrogens with zero attached hydrogens (tertiary/aromatic N) is 2. The predicted molar refractivity (Wildman–Crippen MR) is 96.3 cm³/mol. The van der Waals surface area contributed by atoms with E-state index >= 15 is 0 Å². The summed E-state index contributed by atoms with van der Waals surface area (Å²) in [6.45, 7) is 1.11. The maximum absolute atomic E-state index is 13.4. The van der Waals surface area contributed by atoms with E-state index in [2.05, 4.69) is 10.3 Å². The molecule has 7 heteroatoms. The molecule has 0 atom stereocenters. The summed E-state index contributed by atoms with van der Waals surface area (Å²) in [5.41, 5.74) is 3.52. The molecule has 0 unspecified atom stereocenters. The number of carbonyl (C=O) groups excluding carboxylic acids is 1. The van der Waals surface area contributed by atoms with Gasteiger partial charge in [0.1, 0.15) is 0 Å². The summed E-state index contributed by atoms with van der Waals surface area (Å²) in [7, 11) is 0. The van der Waals surface area contributed by atoms with Gasteiger partial charge in [0.2, 0.25) is 5.91 Å². The molecule has 25 heavy (non-hydrogen) atoms. The zero-order chi connectivity index (χ0) is 18.0. The summed E-state index contributed by atoms with van der Waals surface area (Å²) < 4.78 is 27.6. The highest BCUT2D eigenvalue weighted by Crippen LogP contribution is 2.29. The van der Waals surface area contributed by atoms with Crippen molar-refractivity contribution < 1.29 is 13.6 Å². The molecular weight excluding hydrogens is 344 g/mol. The molecule has 2 aromatic carbocycles. The molecule has 1 aromatic heterocycles. The molecule has 0 aliphatic carbocycles. The Morgan fingerprint density at radius 3 is 2.52 bits per heavy atom. The minimum atomic E-state index is -2.71. The maximum atomic E-state index is 13.4. The zero-order valence-corrected chi connectivity index (χ0v) is 14.6. The SMILES string of the molecule is Cc1cccc(C)c1NC(=O)CSc1nc2ccccc2n1C(F)F. The fraction of sp³-hybridized carbons (Fsp3) is 0.222. The molecule has 0 aliphatic heterocycles. The zero-order valence-electron chi connectivity index (χ0n) is 13.8. The van der Waals surface area contributed by atoms with Crippen LogP contribution in [0.4, 0.5) is 14.5 Å². The van der Waals surface area contributed by atoms with Crippen molar-refractivity contribution in [3.8, 4) is 0 Å². The number of alkyl halides is 2. The smallest absolute Gasteiger partial charge is 0.321 e. The number of benzene rings is 2. The van der Waals surface area contributed by atoms with E-state index in [1.807, 2.05) is 32.0 Å². The molecule has 1 N–H and O–H groups in total. The van der Waals surface area contributed by atoms with Gasteiger partial charge in [0.05, 0.1) is 16.8 Å². The summed E-state index contributed by atoms with van der Waals surface area (Å²) in [4.78, 5) is 16.4. The second kappa shape index (κ2) is 7.23. The molecule has 0 spiro atoms. The molecule has 0 saturated carbocycles. The quantitative estimate of drug-likeness (QED) is 0.665. The molecule has 0 radical (unpaired) electrons. The average Bonchev–Trinajstić information content (AvgIpc) is 2.95. The molecule has 3 aromatic rings. The third kappa shape index (κ3) is 3.66. The lowest BCUT2D eigenvalue weighted by Crippen LogP contribution is -2.16. The van der Waals surface area contributed by atoms with Gasteiger partial charge < -0.3 is 5.32 Å². The fourth-order valence-electron chi connectivity index (χ4n) is 2.63. The van der Waals surface area contributed by atoms with Crippen molar-refractivity contribution in [3.63, 3.8) is 0 Å². The third-order valence-electron chi connectivity index (χ3n) is 3.84. The Morgan fingerprint density at radius 1 is 1.16 bits per heavy atom. The third-order valence-corrected chi connectivity index (χ3v) is 4.79. The van der Waals surface area contributed by atoms with Gasteiger partial charge in [-0.3, -0.25) is 9.36 Å². The van der Waals surface area contributed by atoms with Crippen LogP contribution in [0, 0.1) is 13.8 Å². The normalized spacial score (nSPS) is 11.2. The Hall–Kier alpha value is -2.41. The Morgan fingerprint density at radius 2 is 1.84 bits per heavy atom. The second-order valence-electron chi connectivity index (χ2n) is 5.63. The van der Waals surface area contributed by atoms with Gasteiger partial charge in [-0.05, 0) is 37.1 Å². The monoisotopic (exact) mass is 361 g/mol. The van der Waals surface area contributed by atoms with Gasteiger partial charge in [-0.25, -0.2) is 4.98 Å². The van der Waals surface area contributed by atoms with E-state index in [9.17, 15) is 13.6 Å². The molecule has 0 aliphatic rings. The van der Waals surface area contributed by atoms with Crippen LogP contribution in [-0.2, 0) is 4.79 Å². The highest BCUT2D eigenvalue weighted by molar-refractivity contribution is 7.99. The largest absolute Gasteiger partial charge is 0.325 e. The molecule has 3 rings (SSSR count). The minimum Gasteiger partial charge on any atom is -0.325 e. The molecule has 0 fully saturated rings. The Balaban J connectivity index is 1.76. The maximum Gasteiger partial charge on any atom is 0.321 e. The summed E-state index contributed by atoms with van der Waals surface area (Å²) in [5.74, 6) is -0.251. The number of aryl methyl sites for hydroxylation is 2. The number of thioether (sulfide) groups is 1. The summed E-state index contributed by atoms with van der Waals surface area (Å²) >= 11 is 1.000. The highest BCUT2D eigenvalue weighted by Gasteiger charge is 2.19. The highest BCUT2D eigenvalue weighted by atomic mass is 32.2. The van der Waals surface area contributed by atoms with Crippen molar-refractivity contribution in [2.24, 2.45) is 0 Å². The first-order valence-electron chi connectivity index (χ1n) is 7.71. The van der Waals surface area contributed by atoms with Gasteiger partial charge in [-0.15, -0.1) is 0 Å². The average molecular weight is 361 g/mol. The topological polar surface area (TPSA) is 46.9 Å². The first-order valence-corrected chi connectivity index (χ1v) is 8.70. The van der Waals surface area contributed by atoms with E-state index in [1.165, 1.54) is 0 Å². The van der Waals surface area contributed by atoms with Crippen LogP contribution in [0.1, 0.15) is 17.7 Å². The van der Waals surface area contributed by atoms with Crippen LogP contribution in [0.25, 0.3) is 11.0 Å². The van der Waals surface area contributed by atoms with E-state index in [0.29, 0.717) is 11.0 Å². The summed E-state index contributed by atoms with van der Waals surface area (Å²) in [6.07, 6.45) is 0. The predicted octanol–water partition coefficient (Wildman–Crippen LogP) is 4.78. The van der Waals surface area contributed by atoms with Crippen molar-refractivity contribution in [3.05, 3.63) is 53.6 Å². The summed E-state index contributed by atoms with van der Waals surface area (Å²) in [6, 6.07) is 12.4. The van der Waals surface area contributed by atoms with Crippen LogP contribution in [0.5, 0.6) is 0 Å². The van der Waals surface area contributed by atoms with Gasteiger partial charge in [0.25, 0.3) is 0 Å². The lowest BCUT2D eigenvalue weighted by atomic mass is 10.1. The molecular formula is C18H17F2N3OS. The van der Waals surface area contributed by atoms with Crippen LogP contribution in [0.15, 0.2) is 47.6 Å². The van der Waals surface area contributed by atoms with Gasteiger partial charge in [0.15, 0.2) is 5.16 Å². The number of carbonyl (C=O) groups is 1. The lowest BCUT2D eigenvalue weighted by molar-refractivity contribution is -0.113. The lowest BCUT2D eigenvalue weighted by Gasteiger charge is -2.11. The van der Waals surface area contributed by atoms with Gasteiger partial charge >= 0.3 is 6.55 Å². The second-order valence-corrected chi connectivity index (χ2v) is 6.58. The van der Waals surface area contributed by atoms with Crippen LogP contribution in [0.3, 0.4) is 0 Å². The minimum absolute atomic E-state index is 0.00379. The first kappa shape index (κ1) is 17.4. The van der Waals surface area contributed by atoms with E-state index in [1.54, 1.807) is 24.3 Å². The van der Waals surface area contributed by atoms with E-state index in [-0.39, 0.29) is 16.8 Å². The first-order chi connectivity index (χ1) is 12.0. The number of rotatable bonds is 5.